The zero-order chi connectivity index (χ0) is 13.0. The number of rotatable bonds is 4. The molecule has 1 heterocycles. The molecule has 0 saturated heterocycles. The standard InChI is InChI=1S/C13H13F2N3/c14-11-5-12(15)13(18-8-11)17-7-10-3-1-2-9(4-10)6-16/h1-5,8H,6-7,16H2,(H,17,18). The number of anilines is 1. The number of halogens is 2. The normalized spacial score (nSPS) is 10.4. The Morgan fingerprint density at radius 1 is 1.17 bits per heavy atom. The van der Waals surface area contributed by atoms with E-state index in [1.165, 1.54) is 0 Å². The van der Waals surface area contributed by atoms with Crippen molar-refractivity contribution >= 4 is 5.82 Å². The number of hydrogen-bond acceptors (Lipinski definition) is 3. The molecule has 0 saturated carbocycles. The molecule has 94 valence electrons. The van der Waals surface area contributed by atoms with Gasteiger partial charge in [-0.05, 0) is 11.1 Å². The van der Waals surface area contributed by atoms with Crippen LogP contribution in [0.1, 0.15) is 11.1 Å². The fourth-order valence-corrected chi connectivity index (χ4v) is 1.60. The van der Waals surface area contributed by atoms with Crippen molar-refractivity contribution in [2.75, 3.05) is 5.32 Å². The van der Waals surface area contributed by atoms with Gasteiger partial charge in [0.1, 0.15) is 5.82 Å². The van der Waals surface area contributed by atoms with Crippen LogP contribution >= 0.6 is 0 Å². The van der Waals surface area contributed by atoms with E-state index in [-0.39, 0.29) is 5.82 Å². The van der Waals surface area contributed by atoms with Gasteiger partial charge in [0.15, 0.2) is 11.6 Å². The lowest BCUT2D eigenvalue weighted by Crippen LogP contribution is -2.05. The van der Waals surface area contributed by atoms with Crippen molar-refractivity contribution in [1.82, 2.24) is 4.98 Å². The molecule has 2 aromatic rings. The molecule has 0 fully saturated rings. The summed E-state index contributed by atoms with van der Waals surface area (Å²) in [5.41, 5.74) is 7.50. The maximum atomic E-state index is 13.3. The van der Waals surface area contributed by atoms with Crippen LogP contribution in [0.25, 0.3) is 0 Å². The lowest BCUT2D eigenvalue weighted by Gasteiger charge is -2.07. The van der Waals surface area contributed by atoms with Gasteiger partial charge < -0.3 is 11.1 Å². The molecule has 0 radical (unpaired) electrons. The molecule has 1 aromatic carbocycles. The summed E-state index contributed by atoms with van der Waals surface area (Å²) >= 11 is 0. The Bertz CT molecular complexity index is 544. The highest BCUT2D eigenvalue weighted by Crippen LogP contribution is 2.13. The molecule has 0 bridgehead atoms. The summed E-state index contributed by atoms with van der Waals surface area (Å²) in [6, 6.07) is 8.42. The third-order valence-corrected chi connectivity index (χ3v) is 2.49. The molecule has 0 spiro atoms. The third kappa shape index (κ3) is 3.01. The predicted octanol–water partition coefficient (Wildman–Crippen LogP) is 2.43. The third-order valence-electron chi connectivity index (χ3n) is 2.49. The minimum Gasteiger partial charge on any atom is -0.364 e. The summed E-state index contributed by atoms with van der Waals surface area (Å²) in [6.45, 7) is 0.861. The molecular formula is C13H13F2N3. The Balaban J connectivity index is 2.06. The minimum atomic E-state index is -0.704. The monoisotopic (exact) mass is 249 g/mol. The molecule has 0 aliphatic heterocycles. The van der Waals surface area contributed by atoms with Gasteiger partial charge in [-0.3, -0.25) is 0 Å². The number of aromatic nitrogens is 1. The first-order valence-electron chi connectivity index (χ1n) is 5.52. The second-order valence-corrected chi connectivity index (χ2v) is 3.86. The number of benzene rings is 1. The molecule has 1 aromatic heterocycles. The van der Waals surface area contributed by atoms with E-state index < -0.39 is 11.6 Å². The van der Waals surface area contributed by atoms with Crippen molar-refractivity contribution in [3.8, 4) is 0 Å². The molecule has 0 atom stereocenters. The Labute approximate surface area is 104 Å². The quantitative estimate of drug-likeness (QED) is 0.875. The predicted molar refractivity (Wildman–Crippen MR) is 65.8 cm³/mol. The minimum absolute atomic E-state index is 0.0366. The fourth-order valence-electron chi connectivity index (χ4n) is 1.60. The van der Waals surface area contributed by atoms with Crippen LogP contribution in [-0.2, 0) is 13.1 Å². The first kappa shape index (κ1) is 12.4. The summed E-state index contributed by atoms with van der Waals surface area (Å²) in [5.74, 6) is -1.36. The Morgan fingerprint density at radius 2 is 1.94 bits per heavy atom. The van der Waals surface area contributed by atoms with Gasteiger partial charge in [0, 0.05) is 19.2 Å². The van der Waals surface area contributed by atoms with Crippen LogP contribution < -0.4 is 11.1 Å². The average Bonchev–Trinajstić information content (AvgIpc) is 2.38. The number of nitrogens with zero attached hydrogens (tertiary/aromatic N) is 1. The lowest BCUT2D eigenvalue weighted by atomic mass is 10.1. The molecule has 18 heavy (non-hydrogen) atoms. The number of nitrogens with two attached hydrogens (primary N) is 1. The Hall–Kier alpha value is -2.01. The lowest BCUT2D eigenvalue weighted by molar-refractivity contribution is 0.575. The highest BCUT2D eigenvalue weighted by atomic mass is 19.1. The number of hydrogen-bond donors (Lipinski definition) is 2. The van der Waals surface area contributed by atoms with E-state index in [1.807, 2.05) is 24.3 Å². The van der Waals surface area contributed by atoms with Gasteiger partial charge in [-0.2, -0.15) is 0 Å². The first-order chi connectivity index (χ1) is 8.69. The van der Waals surface area contributed by atoms with E-state index in [1.54, 1.807) is 0 Å². The zero-order valence-corrected chi connectivity index (χ0v) is 9.66. The van der Waals surface area contributed by atoms with Crippen LogP contribution in [0.5, 0.6) is 0 Å². The van der Waals surface area contributed by atoms with Gasteiger partial charge in [0.25, 0.3) is 0 Å². The maximum Gasteiger partial charge on any atom is 0.168 e. The summed E-state index contributed by atoms with van der Waals surface area (Å²) in [4.78, 5) is 3.65. The van der Waals surface area contributed by atoms with Gasteiger partial charge in [-0.15, -0.1) is 0 Å². The number of pyridine rings is 1. The molecule has 0 amide bonds. The van der Waals surface area contributed by atoms with E-state index in [4.69, 9.17) is 5.73 Å². The van der Waals surface area contributed by atoms with Gasteiger partial charge in [0.05, 0.1) is 6.20 Å². The summed E-state index contributed by atoms with van der Waals surface area (Å²) in [7, 11) is 0. The Kier molecular flexibility index (Phi) is 3.84. The van der Waals surface area contributed by atoms with E-state index in [9.17, 15) is 8.78 Å². The molecule has 2 rings (SSSR count). The van der Waals surface area contributed by atoms with E-state index in [2.05, 4.69) is 10.3 Å². The van der Waals surface area contributed by atoms with Crippen molar-refractivity contribution < 1.29 is 8.78 Å². The van der Waals surface area contributed by atoms with Crippen molar-refractivity contribution in [2.45, 2.75) is 13.1 Å². The molecular weight excluding hydrogens is 236 g/mol. The topological polar surface area (TPSA) is 50.9 Å². The van der Waals surface area contributed by atoms with Gasteiger partial charge in [0.2, 0.25) is 0 Å². The van der Waals surface area contributed by atoms with Gasteiger partial charge >= 0.3 is 0 Å². The summed E-state index contributed by atoms with van der Waals surface area (Å²) in [5, 5.41) is 2.81. The van der Waals surface area contributed by atoms with Crippen LogP contribution in [0, 0.1) is 11.6 Å². The fraction of sp³-hybridized carbons (Fsp3) is 0.154. The molecule has 3 N–H and O–H groups in total. The molecule has 0 aliphatic rings. The van der Waals surface area contributed by atoms with Crippen molar-refractivity contribution in [3.63, 3.8) is 0 Å². The van der Waals surface area contributed by atoms with E-state index in [0.717, 1.165) is 23.4 Å². The number of nitrogens with one attached hydrogen (secondary N) is 1. The molecule has 0 aliphatic carbocycles. The van der Waals surface area contributed by atoms with Gasteiger partial charge in [-0.25, -0.2) is 13.8 Å². The summed E-state index contributed by atoms with van der Waals surface area (Å²) in [6.07, 6.45) is 0.974. The Morgan fingerprint density at radius 3 is 2.67 bits per heavy atom. The SMILES string of the molecule is NCc1cccc(CNc2ncc(F)cc2F)c1. The van der Waals surface area contributed by atoms with Crippen LogP contribution in [0.15, 0.2) is 36.5 Å². The second-order valence-electron chi connectivity index (χ2n) is 3.86. The highest BCUT2D eigenvalue weighted by Gasteiger charge is 2.04. The van der Waals surface area contributed by atoms with E-state index >= 15 is 0 Å². The maximum absolute atomic E-state index is 13.3. The van der Waals surface area contributed by atoms with E-state index in [0.29, 0.717) is 13.1 Å². The van der Waals surface area contributed by atoms with Gasteiger partial charge in [-0.1, -0.05) is 24.3 Å². The van der Waals surface area contributed by atoms with Crippen molar-refractivity contribution in [3.05, 3.63) is 59.3 Å². The smallest absolute Gasteiger partial charge is 0.168 e. The molecule has 5 heteroatoms. The molecule has 3 nitrogen and oxygen atoms in total. The summed E-state index contributed by atoms with van der Waals surface area (Å²) < 4.78 is 26.0. The van der Waals surface area contributed by atoms with Crippen LogP contribution in [0.2, 0.25) is 0 Å². The van der Waals surface area contributed by atoms with Crippen molar-refractivity contribution in [2.24, 2.45) is 5.73 Å². The largest absolute Gasteiger partial charge is 0.364 e. The average molecular weight is 249 g/mol. The first-order valence-corrected chi connectivity index (χ1v) is 5.52. The second kappa shape index (κ2) is 5.55. The zero-order valence-electron chi connectivity index (χ0n) is 9.66. The van der Waals surface area contributed by atoms with Crippen LogP contribution in [-0.4, -0.2) is 4.98 Å². The highest BCUT2D eigenvalue weighted by molar-refractivity contribution is 5.37. The van der Waals surface area contributed by atoms with Crippen LogP contribution in [0.3, 0.4) is 0 Å². The van der Waals surface area contributed by atoms with Crippen molar-refractivity contribution in [1.29, 1.82) is 0 Å². The molecule has 0 unspecified atom stereocenters. The van der Waals surface area contributed by atoms with Crippen LogP contribution in [0.4, 0.5) is 14.6 Å².